The van der Waals surface area contributed by atoms with Crippen molar-refractivity contribution < 1.29 is 23.2 Å². The van der Waals surface area contributed by atoms with Crippen LogP contribution in [0.3, 0.4) is 0 Å². The number of rotatable bonds is 4. The first-order valence-electron chi connectivity index (χ1n) is 9.32. The minimum absolute atomic E-state index is 0.106. The lowest BCUT2D eigenvalue weighted by Crippen LogP contribution is -2.53. The third-order valence-electron chi connectivity index (χ3n) is 5.00. The minimum atomic E-state index is -0.814. The SMILES string of the molecule is Cc1cc(/C=C2\C(=O)NC(=O)N(Cc3ccco3)C2=O)c(C)n1-c1ccc(Br)cc1F. The summed E-state index contributed by atoms with van der Waals surface area (Å²) in [6.07, 6.45) is 2.84. The standard InChI is InChI=1S/C22H17BrFN3O4/c1-12-8-14(13(2)27(12)19-6-5-15(23)10-18(19)24)9-17-20(28)25-22(30)26(21(17)29)11-16-4-3-7-31-16/h3-10H,11H2,1-2H3,(H,25,28,30)/b17-9+. The molecule has 3 heterocycles. The van der Waals surface area contributed by atoms with Crippen LogP contribution in [0.2, 0.25) is 0 Å². The molecule has 2 aromatic heterocycles. The molecule has 1 aromatic carbocycles. The molecule has 31 heavy (non-hydrogen) atoms. The molecule has 0 saturated carbocycles. The van der Waals surface area contributed by atoms with Crippen molar-refractivity contribution in [2.24, 2.45) is 0 Å². The molecular formula is C22H17BrFN3O4. The van der Waals surface area contributed by atoms with Crippen molar-refractivity contribution in [1.29, 1.82) is 0 Å². The van der Waals surface area contributed by atoms with E-state index in [0.717, 1.165) is 10.6 Å². The highest BCUT2D eigenvalue weighted by atomic mass is 79.9. The van der Waals surface area contributed by atoms with Gasteiger partial charge < -0.3 is 8.98 Å². The van der Waals surface area contributed by atoms with Gasteiger partial charge in [-0.25, -0.2) is 9.18 Å². The van der Waals surface area contributed by atoms with Crippen molar-refractivity contribution >= 4 is 39.9 Å². The average molecular weight is 486 g/mol. The Hall–Kier alpha value is -3.46. The fraction of sp³-hybridized carbons (Fsp3) is 0.136. The summed E-state index contributed by atoms with van der Waals surface area (Å²) in [7, 11) is 0. The Morgan fingerprint density at radius 3 is 2.61 bits per heavy atom. The predicted octanol–water partition coefficient (Wildman–Crippen LogP) is 4.25. The van der Waals surface area contributed by atoms with Crippen molar-refractivity contribution in [2.75, 3.05) is 0 Å². The molecule has 0 spiro atoms. The van der Waals surface area contributed by atoms with E-state index in [1.807, 2.05) is 0 Å². The van der Waals surface area contributed by atoms with Gasteiger partial charge in [-0.15, -0.1) is 0 Å². The van der Waals surface area contributed by atoms with E-state index in [4.69, 9.17) is 4.42 Å². The van der Waals surface area contributed by atoms with Crippen LogP contribution in [0, 0.1) is 19.7 Å². The molecule has 4 amide bonds. The van der Waals surface area contributed by atoms with Crippen LogP contribution in [0.5, 0.6) is 0 Å². The summed E-state index contributed by atoms with van der Waals surface area (Å²) < 4.78 is 22.0. The van der Waals surface area contributed by atoms with Crippen molar-refractivity contribution in [3.05, 3.63) is 81.2 Å². The monoisotopic (exact) mass is 485 g/mol. The number of urea groups is 1. The molecule has 9 heteroatoms. The lowest BCUT2D eigenvalue weighted by atomic mass is 10.1. The van der Waals surface area contributed by atoms with Gasteiger partial charge in [0.05, 0.1) is 18.5 Å². The van der Waals surface area contributed by atoms with Crippen molar-refractivity contribution in [1.82, 2.24) is 14.8 Å². The second kappa shape index (κ2) is 7.99. The Labute approximate surface area is 185 Å². The highest BCUT2D eigenvalue weighted by Crippen LogP contribution is 2.27. The number of hydrogen-bond acceptors (Lipinski definition) is 4. The van der Waals surface area contributed by atoms with Crippen molar-refractivity contribution in [3.8, 4) is 5.69 Å². The molecule has 158 valence electrons. The number of nitrogens with zero attached hydrogens (tertiary/aromatic N) is 2. The third-order valence-corrected chi connectivity index (χ3v) is 5.49. The summed E-state index contributed by atoms with van der Waals surface area (Å²) in [5.74, 6) is -1.53. The zero-order valence-electron chi connectivity index (χ0n) is 16.6. The molecule has 0 aliphatic carbocycles. The number of imide groups is 2. The Morgan fingerprint density at radius 2 is 1.94 bits per heavy atom. The molecular weight excluding hydrogens is 469 g/mol. The topological polar surface area (TPSA) is 84.6 Å². The van der Waals surface area contributed by atoms with Crippen LogP contribution in [-0.2, 0) is 16.1 Å². The Morgan fingerprint density at radius 1 is 1.16 bits per heavy atom. The normalized spacial score (nSPS) is 15.7. The average Bonchev–Trinajstić information content (AvgIpc) is 3.31. The Bertz CT molecular complexity index is 1240. The van der Waals surface area contributed by atoms with Gasteiger partial charge in [0, 0.05) is 15.9 Å². The van der Waals surface area contributed by atoms with Gasteiger partial charge in [0.15, 0.2) is 0 Å². The third kappa shape index (κ3) is 3.84. The fourth-order valence-corrected chi connectivity index (χ4v) is 3.85. The molecule has 1 aliphatic heterocycles. The number of nitrogens with one attached hydrogen (secondary N) is 1. The van der Waals surface area contributed by atoms with Crippen LogP contribution < -0.4 is 5.32 Å². The van der Waals surface area contributed by atoms with E-state index in [2.05, 4.69) is 21.2 Å². The molecule has 1 fully saturated rings. The Kier molecular flexibility index (Phi) is 5.36. The summed E-state index contributed by atoms with van der Waals surface area (Å²) in [4.78, 5) is 38.4. The number of amides is 4. The zero-order chi connectivity index (χ0) is 22.3. The highest BCUT2D eigenvalue weighted by Gasteiger charge is 2.36. The van der Waals surface area contributed by atoms with Crippen LogP contribution in [0.4, 0.5) is 9.18 Å². The maximum atomic E-state index is 14.5. The number of halogens is 2. The van der Waals surface area contributed by atoms with E-state index in [0.29, 0.717) is 27.2 Å². The van der Waals surface area contributed by atoms with Crippen molar-refractivity contribution in [3.63, 3.8) is 0 Å². The molecule has 0 bridgehead atoms. The predicted molar refractivity (Wildman–Crippen MR) is 114 cm³/mol. The highest BCUT2D eigenvalue weighted by molar-refractivity contribution is 9.10. The van der Waals surface area contributed by atoms with Gasteiger partial charge in [0.25, 0.3) is 11.8 Å². The van der Waals surface area contributed by atoms with Gasteiger partial charge in [-0.3, -0.25) is 19.8 Å². The Balaban J connectivity index is 1.73. The smallest absolute Gasteiger partial charge is 0.331 e. The lowest BCUT2D eigenvalue weighted by molar-refractivity contribution is -0.130. The largest absolute Gasteiger partial charge is 0.467 e. The van der Waals surface area contributed by atoms with E-state index in [1.165, 1.54) is 18.4 Å². The van der Waals surface area contributed by atoms with Crippen LogP contribution in [-0.4, -0.2) is 27.3 Å². The first kappa shape index (κ1) is 20.8. The second-order valence-corrected chi connectivity index (χ2v) is 7.96. The number of hydrogen-bond donors (Lipinski definition) is 1. The summed E-state index contributed by atoms with van der Waals surface area (Å²) in [5.41, 5.74) is 2.07. The molecule has 0 radical (unpaired) electrons. The summed E-state index contributed by atoms with van der Waals surface area (Å²) >= 11 is 3.24. The number of carbonyl (C=O) groups is 3. The van der Waals surface area contributed by atoms with E-state index in [1.54, 1.807) is 48.7 Å². The van der Waals surface area contributed by atoms with Crippen LogP contribution in [0.1, 0.15) is 22.7 Å². The number of aromatic nitrogens is 1. The first-order chi connectivity index (χ1) is 14.8. The number of aryl methyl sites for hydroxylation is 1. The number of furan rings is 1. The summed E-state index contributed by atoms with van der Waals surface area (Å²) in [5, 5.41) is 2.18. The first-order valence-corrected chi connectivity index (χ1v) is 10.1. The molecule has 1 saturated heterocycles. The molecule has 0 atom stereocenters. The molecule has 3 aromatic rings. The van der Waals surface area contributed by atoms with E-state index < -0.39 is 23.7 Å². The van der Waals surface area contributed by atoms with Gasteiger partial charge in [-0.05, 0) is 61.9 Å². The van der Waals surface area contributed by atoms with Gasteiger partial charge in [0.1, 0.15) is 17.2 Å². The van der Waals surface area contributed by atoms with Crippen molar-refractivity contribution in [2.45, 2.75) is 20.4 Å². The fourth-order valence-electron chi connectivity index (χ4n) is 3.52. The molecule has 4 rings (SSSR count). The maximum Gasteiger partial charge on any atom is 0.331 e. The molecule has 7 nitrogen and oxygen atoms in total. The summed E-state index contributed by atoms with van der Waals surface area (Å²) in [6.45, 7) is 3.45. The number of carbonyl (C=O) groups excluding carboxylic acids is 3. The summed E-state index contributed by atoms with van der Waals surface area (Å²) in [6, 6.07) is 8.93. The van der Waals surface area contributed by atoms with Crippen LogP contribution in [0.15, 0.2) is 57.1 Å². The van der Waals surface area contributed by atoms with Gasteiger partial charge >= 0.3 is 6.03 Å². The van der Waals surface area contributed by atoms with E-state index in [-0.39, 0.29) is 12.1 Å². The second-order valence-electron chi connectivity index (χ2n) is 7.05. The van der Waals surface area contributed by atoms with E-state index in [9.17, 15) is 18.8 Å². The molecule has 1 aliphatic rings. The number of barbiturate groups is 1. The van der Waals surface area contributed by atoms with E-state index >= 15 is 0 Å². The van der Waals surface area contributed by atoms with Gasteiger partial charge in [0.2, 0.25) is 0 Å². The maximum absolute atomic E-state index is 14.5. The van der Waals surface area contributed by atoms with Crippen LogP contribution in [0.25, 0.3) is 11.8 Å². The minimum Gasteiger partial charge on any atom is -0.467 e. The van der Waals surface area contributed by atoms with Gasteiger partial charge in [-0.1, -0.05) is 15.9 Å². The zero-order valence-corrected chi connectivity index (χ0v) is 18.2. The lowest BCUT2D eigenvalue weighted by Gasteiger charge is -2.25. The molecule has 1 N–H and O–H groups in total. The van der Waals surface area contributed by atoms with Crippen LogP contribution >= 0.6 is 15.9 Å². The molecule has 0 unspecified atom stereocenters. The van der Waals surface area contributed by atoms with Gasteiger partial charge in [-0.2, -0.15) is 0 Å². The quantitative estimate of drug-likeness (QED) is 0.442. The number of benzene rings is 1.